The molecule has 0 amide bonds. The van der Waals surface area contributed by atoms with Crippen LogP contribution in [-0.4, -0.2) is 25.2 Å². The molecule has 1 heterocycles. The number of hydrogen-bond acceptors (Lipinski definition) is 4. The van der Waals surface area contributed by atoms with Gasteiger partial charge in [0.1, 0.15) is 11.3 Å². The third-order valence-electron chi connectivity index (χ3n) is 3.55. The standard InChI is InChI=1S/C18H19NO3/c1-6-13-17(18(20)22-5)15(21-4)10-14(19-13)16-11(2)8-7-9-12(16)3/h6-10H,1H2,2-5H3. The van der Waals surface area contributed by atoms with E-state index >= 15 is 0 Å². The number of methoxy groups -OCH3 is 2. The van der Waals surface area contributed by atoms with Crippen molar-refractivity contribution in [2.45, 2.75) is 13.8 Å². The van der Waals surface area contributed by atoms with E-state index in [1.807, 2.05) is 32.0 Å². The lowest BCUT2D eigenvalue weighted by Crippen LogP contribution is -2.09. The fourth-order valence-electron chi connectivity index (χ4n) is 2.50. The summed E-state index contributed by atoms with van der Waals surface area (Å²) < 4.78 is 10.2. The van der Waals surface area contributed by atoms with E-state index in [0.717, 1.165) is 22.4 Å². The molecule has 0 aliphatic carbocycles. The van der Waals surface area contributed by atoms with Gasteiger partial charge in [-0.15, -0.1) is 0 Å². The highest BCUT2D eigenvalue weighted by molar-refractivity contribution is 5.96. The zero-order chi connectivity index (χ0) is 16.3. The van der Waals surface area contributed by atoms with Gasteiger partial charge < -0.3 is 9.47 Å². The Balaban J connectivity index is 2.75. The van der Waals surface area contributed by atoms with Crippen LogP contribution in [-0.2, 0) is 4.74 Å². The first-order valence-electron chi connectivity index (χ1n) is 6.89. The Kier molecular flexibility index (Phi) is 4.61. The van der Waals surface area contributed by atoms with Crippen LogP contribution in [0.25, 0.3) is 17.3 Å². The second-order valence-corrected chi connectivity index (χ2v) is 4.93. The number of aryl methyl sites for hydroxylation is 2. The van der Waals surface area contributed by atoms with Crippen LogP contribution in [0.2, 0.25) is 0 Å². The van der Waals surface area contributed by atoms with Gasteiger partial charge in [0.25, 0.3) is 0 Å². The van der Waals surface area contributed by atoms with Crippen molar-refractivity contribution < 1.29 is 14.3 Å². The molecule has 0 bridgehead atoms. The number of hydrogen-bond donors (Lipinski definition) is 0. The maximum absolute atomic E-state index is 12.0. The van der Waals surface area contributed by atoms with Gasteiger partial charge in [0.15, 0.2) is 0 Å². The van der Waals surface area contributed by atoms with E-state index in [9.17, 15) is 4.79 Å². The normalized spacial score (nSPS) is 10.2. The molecule has 114 valence electrons. The number of carbonyl (C=O) groups excluding carboxylic acids is 1. The van der Waals surface area contributed by atoms with Crippen molar-refractivity contribution in [1.29, 1.82) is 0 Å². The molecule has 4 nitrogen and oxygen atoms in total. The van der Waals surface area contributed by atoms with Gasteiger partial charge in [-0.2, -0.15) is 0 Å². The van der Waals surface area contributed by atoms with Crippen LogP contribution in [0.15, 0.2) is 30.8 Å². The minimum absolute atomic E-state index is 0.287. The quantitative estimate of drug-likeness (QED) is 0.805. The molecule has 1 aromatic carbocycles. The molecule has 0 radical (unpaired) electrons. The predicted molar refractivity (Wildman–Crippen MR) is 87.1 cm³/mol. The van der Waals surface area contributed by atoms with Crippen LogP contribution in [0.5, 0.6) is 5.75 Å². The van der Waals surface area contributed by atoms with Gasteiger partial charge >= 0.3 is 5.97 Å². The van der Waals surface area contributed by atoms with Crippen LogP contribution >= 0.6 is 0 Å². The van der Waals surface area contributed by atoms with E-state index < -0.39 is 5.97 Å². The highest BCUT2D eigenvalue weighted by Crippen LogP contribution is 2.32. The number of pyridine rings is 1. The van der Waals surface area contributed by atoms with Crippen LogP contribution in [0, 0.1) is 13.8 Å². The molecule has 0 aliphatic heterocycles. The van der Waals surface area contributed by atoms with E-state index in [4.69, 9.17) is 9.47 Å². The highest BCUT2D eigenvalue weighted by atomic mass is 16.5. The van der Waals surface area contributed by atoms with Crippen molar-refractivity contribution in [3.8, 4) is 17.0 Å². The Morgan fingerprint density at radius 1 is 1.23 bits per heavy atom. The third-order valence-corrected chi connectivity index (χ3v) is 3.55. The van der Waals surface area contributed by atoms with Crippen LogP contribution in [0.3, 0.4) is 0 Å². The fourth-order valence-corrected chi connectivity index (χ4v) is 2.50. The molecule has 1 aromatic heterocycles. The molecule has 2 rings (SSSR count). The van der Waals surface area contributed by atoms with Gasteiger partial charge in [-0.05, 0) is 31.1 Å². The van der Waals surface area contributed by atoms with Crippen molar-refractivity contribution in [2.24, 2.45) is 0 Å². The SMILES string of the molecule is C=Cc1nc(-c2c(C)cccc2C)cc(OC)c1C(=O)OC. The molecule has 0 N–H and O–H groups in total. The Bertz CT molecular complexity index is 715. The molecule has 0 saturated heterocycles. The summed E-state index contributed by atoms with van der Waals surface area (Å²) in [4.78, 5) is 16.5. The summed E-state index contributed by atoms with van der Waals surface area (Å²) in [6.45, 7) is 7.79. The molecule has 0 aliphatic rings. The van der Waals surface area contributed by atoms with Crippen molar-refractivity contribution in [3.63, 3.8) is 0 Å². The molecular formula is C18H19NO3. The molecule has 22 heavy (non-hydrogen) atoms. The second kappa shape index (κ2) is 6.43. The van der Waals surface area contributed by atoms with Gasteiger partial charge in [0.05, 0.1) is 25.6 Å². The number of carbonyl (C=O) groups is 1. The first-order chi connectivity index (χ1) is 10.5. The van der Waals surface area contributed by atoms with E-state index in [2.05, 4.69) is 11.6 Å². The third kappa shape index (κ3) is 2.72. The Hall–Kier alpha value is -2.62. The van der Waals surface area contributed by atoms with Gasteiger partial charge in [-0.3, -0.25) is 0 Å². The minimum Gasteiger partial charge on any atom is -0.496 e. The van der Waals surface area contributed by atoms with E-state index in [1.54, 1.807) is 6.07 Å². The summed E-state index contributed by atoms with van der Waals surface area (Å²) in [5, 5.41) is 0. The molecular weight excluding hydrogens is 278 g/mol. The topological polar surface area (TPSA) is 48.4 Å². The average molecular weight is 297 g/mol. The Labute approximate surface area is 130 Å². The summed E-state index contributed by atoms with van der Waals surface area (Å²) in [6, 6.07) is 7.81. The van der Waals surface area contributed by atoms with Gasteiger partial charge in [0.2, 0.25) is 0 Å². The summed E-state index contributed by atoms with van der Waals surface area (Å²) in [5.74, 6) is -0.0679. The summed E-state index contributed by atoms with van der Waals surface area (Å²) in [6.07, 6.45) is 1.53. The summed E-state index contributed by atoms with van der Waals surface area (Å²) in [5.41, 5.74) is 4.72. The van der Waals surface area contributed by atoms with Gasteiger partial charge in [-0.1, -0.05) is 24.8 Å². The zero-order valence-electron chi connectivity index (χ0n) is 13.3. The summed E-state index contributed by atoms with van der Waals surface area (Å²) >= 11 is 0. The van der Waals surface area contributed by atoms with Crippen LogP contribution in [0.4, 0.5) is 0 Å². The molecule has 0 spiro atoms. The smallest absolute Gasteiger partial charge is 0.343 e. The molecule has 0 saturated carbocycles. The minimum atomic E-state index is -0.493. The Morgan fingerprint density at radius 2 is 1.86 bits per heavy atom. The monoisotopic (exact) mass is 297 g/mol. The van der Waals surface area contributed by atoms with Crippen molar-refractivity contribution >= 4 is 12.0 Å². The average Bonchev–Trinajstić information content (AvgIpc) is 2.52. The zero-order valence-corrected chi connectivity index (χ0v) is 13.3. The van der Waals surface area contributed by atoms with E-state index in [1.165, 1.54) is 20.3 Å². The van der Waals surface area contributed by atoms with Crippen molar-refractivity contribution in [2.75, 3.05) is 14.2 Å². The van der Waals surface area contributed by atoms with E-state index in [0.29, 0.717) is 11.4 Å². The number of nitrogens with zero attached hydrogens (tertiary/aromatic N) is 1. The fraction of sp³-hybridized carbons (Fsp3) is 0.222. The van der Waals surface area contributed by atoms with E-state index in [-0.39, 0.29) is 5.56 Å². The first kappa shape index (κ1) is 15.8. The van der Waals surface area contributed by atoms with Gasteiger partial charge in [-0.25, -0.2) is 9.78 Å². The maximum atomic E-state index is 12.0. The predicted octanol–water partition coefficient (Wildman–Crippen LogP) is 3.80. The molecule has 0 unspecified atom stereocenters. The Morgan fingerprint density at radius 3 is 2.36 bits per heavy atom. The molecule has 0 fully saturated rings. The lowest BCUT2D eigenvalue weighted by molar-refractivity contribution is 0.0596. The highest BCUT2D eigenvalue weighted by Gasteiger charge is 2.21. The maximum Gasteiger partial charge on any atom is 0.343 e. The largest absolute Gasteiger partial charge is 0.496 e. The molecule has 0 atom stereocenters. The lowest BCUT2D eigenvalue weighted by atomic mass is 9.98. The van der Waals surface area contributed by atoms with Gasteiger partial charge in [0, 0.05) is 11.6 Å². The lowest BCUT2D eigenvalue weighted by Gasteiger charge is -2.14. The number of aromatic nitrogens is 1. The second-order valence-electron chi connectivity index (χ2n) is 4.93. The number of benzene rings is 1. The number of ether oxygens (including phenoxy) is 2. The molecule has 4 heteroatoms. The summed E-state index contributed by atoms with van der Waals surface area (Å²) in [7, 11) is 2.84. The number of esters is 1. The number of rotatable bonds is 4. The molecule has 2 aromatic rings. The van der Waals surface area contributed by atoms with Crippen LogP contribution in [0.1, 0.15) is 27.2 Å². The van der Waals surface area contributed by atoms with Crippen molar-refractivity contribution in [1.82, 2.24) is 4.98 Å². The first-order valence-corrected chi connectivity index (χ1v) is 6.89. The van der Waals surface area contributed by atoms with Crippen LogP contribution < -0.4 is 4.74 Å². The van der Waals surface area contributed by atoms with Crippen molar-refractivity contribution in [3.05, 3.63) is 53.2 Å².